The van der Waals surface area contributed by atoms with Crippen LogP contribution in [0, 0.1) is 5.41 Å². The monoisotopic (exact) mass is 757 g/mol. The van der Waals surface area contributed by atoms with E-state index in [1.54, 1.807) is 25.6 Å². The zero-order chi connectivity index (χ0) is 37.5. The second kappa shape index (κ2) is 16.4. The maximum absolute atomic E-state index is 14.1. The van der Waals surface area contributed by atoms with Gasteiger partial charge in [-0.3, -0.25) is 4.90 Å². The predicted octanol–water partition coefficient (Wildman–Crippen LogP) is 2.45. The maximum atomic E-state index is 14.1. The van der Waals surface area contributed by atoms with Crippen LogP contribution >= 0.6 is 0 Å². The minimum Gasteiger partial charge on any atom is -0.550 e. The van der Waals surface area contributed by atoms with Gasteiger partial charge in [-0.2, -0.15) is 13.2 Å². The second-order valence-electron chi connectivity index (χ2n) is 15.3. The van der Waals surface area contributed by atoms with Gasteiger partial charge in [0.15, 0.2) is 11.5 Å². The van der Waals surface area contributed by atoms with Crippen LogP contribution in [0.4, 0.5) is 24.7 Å². The summed E-state index contributed by atoms with van der Waals surface area (Å²) in [4.78, 5) is 44.0. The van der Waals surface area contributed by atoms with Crippen LogP contribution in [-0.2, 0) is 15.7 Å². The van der Waals surface area contributed by atoms with Crippen LogP contribution in [0.3, 0.4) is 0 Å². The Morgan fingerprint density at radius 2 is 1.74 bits per heavy atom. The Morgan fingerprint density at radius 1 is 1.02 bits per heavy atom. The number of alkyl halides is 3. The van der Waals surface area contributed by atoms with Gasteiger partial charge in [0.25, 0.3) is 0 Å². The molecule has 7 rings (SSSR count). The molecule has 4 aromatic heterocycles. The van der Waals surface area contributed by atoms with Gasteiger partial charge < -0.3 is 29.4 Å². The molecule has 1 saturated heterocycles. The van der Waals surface area contributed by atoms with Crippen LogP contribution in [-0.4, -0.2) is 99.8 Å². The molecule has 0 unspecified atom stereocenters. The fourth-order valence-electron chi connectivity index (χ4n) is 8.33. The largest absolute Gasteiger partial charge is 1.00 e. The fraction of sp³-hybridized carbons (Fsp3) is 0.579. The molecular formula is C38H47F3N9NaO3. The summed E-state index contributed by atoms with van der Waals surface area (Å²) in [6.07, 6.45) is 5.87. The number of carboxylic acid groups (broad SMARTS) is 1. The number of halogens is 3. The molecule has 3 fully saturated rings. The molecule has 12 nitrogen and oxygen atoms in total. The maximum Gasteiger partial charge on any atom is 1.00 e. The summed E-state index contributed by atoms with van der Waals surface area (Å²) in [5.74, 6) is 0.106. The van der Waals surface area contributed by atoms with Crippen molar-refractivity contribution < 1.29 is 57.4 Å². The quantitative estimate of drug-likeness (QED) is 0.213. The summed E-state index contributed by atoms with van der Waals surface area (Å²) in [5, 5.41) is 11.1. The number of carbonyl (C=O) groups excluding carboxylic acids is 1. The number of carbonyl (C=O) groups is 1. The van der Waals surface area contributed by atoms with E-state index in [4.69, 9.17) is 24.7 Å². The van der Waals surface area contributed by atoms with E-state index in [1.165, 1.54) is 6.42 Å². The number of aromatic nitrogens is 6. The van der Waals surface area contributed by atoms with Crippen LogP contribution in [0.5, 0.6) is 0 Å². The van der Waals surface area contributed by atoms with Gasteiger partial charge in [-0.25, -0.2) is 24.9 Å². The van der Waals surface area contributed by atoms with E-state index in [-0.39, 0.29) is 59.4 Å². The Labute approximate surface area is 335 Å². The first-order chi connectivity index (χ1) is 25.3. The van der Waals surface area contributed by atoms with Crippen molar-refractivity contribution in [3.8, 4) is 22.8 Å². The van der Waals surface area contributed by atoms with Gasteiger partial charge in [0, 0.05) is 81.0 Å². The average molecular weight is 758 g/mol. The van der Waals surface area contributed by atoms with Gasteiger partial charge in [0.2, 0.25) is 0 Å². The molecule has 0 spiro atoms. The number of imidazole rings is 1. The number of hydrogen-bond donors (Lipinski definition) is 1. The van der Waals surface area contributed by atoms with Crippen LogP contribution in [0.15, 0.2) is 30.6 Å². The van der Waals surface area contributed by atoms with Gasteiger partial charge in [0.1, 0.15) is 22.7 Å². The van der Waals surface area contributed by atoms with Crippen LogP contribution in [0.25, 0.3) is 33.9 Å². The molecule has 16 heteroatoms. The molecule has 2 aliphatic carbocycles. The van der Waals surface area contributed by atoms with E-state index in [0.29, 0.717) is 78.2 Å². The van der Waals surface area contributed by atoms with E-state index >= 15 is 0 Å². The predicted molar refractivity (Wildman–Crippen MR) is 193 cm³/mol. The Bertz CT molecular complexity index is 1920. The van der Waals surface area contributed by atoms with Crippen molar-refractivity contribution in [1.82, 2.24) is 34.8 Å². The second-order valence-corrected chi connectivity index (χ2v) is 15.3. The number of pyridine rings is 2. The van der Waals surface area contributed by atoms with Crippen molar-refractivity contribution >= 4 is 28.6 Å². The number of nitrogens with one attached hydrogen (secondary N) is 1. The van der Waals surface area contributed by atoms with E-state index in [1.807, 2.05) is 13.1 Å². The minimum atomic E-state index is -4.59. The first-order valence-electron chi connectivity index (χ1n) is 18.6. The van der Waals surface area contributed by atoms with Crippen LogP contribution < -0.4 is 44.5 Å². The molecule has 0 amide bonds. The van der Waals surface area contributed by atoms with Crippen molar-refractivity contribution in [1.29, 1.82) is 0 Å². The molecular weight excluding hydrogens is 710 g/mol. The summed E-state index contributed by atoms with van der Waals surface area (Å²) < 4.78 is 47.9. The van der Waals surface area contributed by atoms with Crippen molar-refractivity contribution in [2.24, 2.45) is 5.41 Å². The van der Waals surface area contributed by atoms with Gasteiger partial charge in [-0.15, -0.1) is 0 Å². The number of methoxy groups -OCH3 is 1. The molecule has 1 aliphatic heterocycles. The van der Waals surface area contributed by atoms with E-state index < -0.39 is 17.8 Å². The smallest absolute Gasteiger partial charge is 0.550 e. The zero-order valence-electron chi connectivity index (χ0n) is 31.7. The van der Waals surface area contributed by atoms with Crippen molar-refractivity contribution in [2.45, 2.75) is 89.4 Å². The zero-order valence-corrected chi connectivity index (χ0v) is 33.7. The number of piperazine rings is 1. The molecule has 54 heavy (non-hydrogen) atoms. The molecule has 284 valence electrons. The number of fused-ring (bicyclic) bond motifs is 1. The standard InChI is InChI=1S/C38H48F3N9O3.Na/c1-23-19-49(20-24(2)50(23)13-10-33(51)52)32-18-42-29(17-43-32)35-46-34-30(48(3)21-37(22-53-4)11-6-5-7-12-37)16-28(45-36(34)47-35)26-14-27(25-8-9-25)44-31(15-26)38(39,40)41;/h14-18,23-25H,5-13,19-22H2,1-4H3,(H,51,52)(H,45,46,47);/q;+1/p-1/t23-,24+;. The minimum absolute atomic E-state index is 0. The summed E-state index contributed by atoms with van der Waals surface area (Å²) in [6, 6.07) is 4.88. The molecule has 2 atom stereocenters. The van der Waals surface area contributed by atoms with Gasteiger partial charge in [-0.1, -0.05) is 19.3 Å². The number of nitrogens with zero attached hydrogens (tertiary/aromatic N) is 8. The Kier molecular flexibility index (Phi) is 12.2. The van der Waals surface area contributed by atoms with Crippen molar-refractivity contribution in [3.05, 3.63) is 42.0 Å². The summed E-state index contributed by atoms with van der Waals surface area (Å²) in [6.45, 7) is 7.20. The first kappa shape index (κ1) is 40.3. The third-order valence-corrected chi connectivity index (χ3v) is 11.1. The Hall–Kier alpha value is -3.37. The third kappa shape index (κ3) is 8.85. The molecule has 0 aromatic carbocycles. The number of aromatic amines is 1. The number of carboxylic acids is 1. The fourth-order valence-corrected chi connectivity index (χ4v) is 8.33. The number of anilines is 2. The molecule has 0 bridgehead atoms. The molecule has 3 aliphatic rings. The van der Waals surface area contributed by atoms with Gasteiger partial charge in [0.05, 0.1) is 30.4 Å². The molecule has 4 aromatic rings. The summed E-state index contributed by atoms with van der Waals surface area (Å²) >= 11 is 0. The van der Waals surface area contributed by atoms with E-state index in [2.05, 4.69) is 38.5 Å². The van der Waals surface area contributed by atoms with Crippen molar-refractivity contribution in [2.75, 3.05) is 56.7 Å². The van der Waals surface area contributed by atoms with Gasteiger partial charge in [-0.05, 0) is 64.2 Å². The SMILES string of the molecule is COCC1(CN(C)c2cc(-c3cc(C4CC4)nc(C(F)(F)F)c3)nc3nc(-c4cnc(N5C[C@@H](C)N(CCC(=O)[O-])[C@@H](C)C5)cn4)[nH]c23)CCCCC1.[Na+]. The topological polar surface area (TPSA) is 139 Å². The van der Waals surface area contributed by atoms with Crippen LogP contribution in [0.1, 0.15) is 82.5 Å². The Balaban J connectivity index is 0.00000497. The molecule has 0 radical (unpaired) electrons. The van der Waals surface area contributed by atoms with Crippen molar-refractivity contribution in [3.63, 3.8) is 0 Å². The van der Waals surface area contributed by atoms with E-state index in [9.17, 15) is 23.1 Å². The van der Waals surface area contributed by atoms with Crippen LogP contribution in [0.2, 0.25) is 0 Å². The average Bonchev–Trinajstić information content (AvgIpc) is 3.89. The summed E-state index contributed by atoms with van der Waals surface area (Å²) in [7, 11) is 3.73. The third-order valence-electron chi connectivity index (χ3n) is 11.1. The van der Waals surface area contributed by atoms with Gasteiger partial charge >= 0.3 is 35.7 Å². The summed E-state index contributed by atoms with van der Waals surface area (Å²) in [5.41, 5.74) is 2.49. The van der Waals surface area contributed by atoms with E-state index in [0.717, 1.165) is 50.3 Å². The normalized spacial score (nSPS) is 20.5. The molecule has 5 heterocycles. The molecule has 1 N–H and O–H groups in total. The Morgan fingerprint density at radius 3 is 2.35 bits per heavy atom. The number of H-pyrrole nitrogens is 1. The first-order valence-corrected chi connectivity index (χ1v) is 18.6. The number of aliphatic carboxylic acids is 1. The number of ether oxygens (including phenoxy) is 1. The molecule has 2 saturated carbocycles. The number of rotatable bonds is 12. The number of hydrogen-bond acceptors (Lipinski definition) is 11.